The third kappa shape index (κ3) is 2.23. The van der Waals surface area contributed by atoms with Gasteiger partial charge in [-0.15, -0.1) is 10.2 Å². The molecule has 0 spiro atoms. The number of nitrogens with zero attached hydrogens (tertiary/aromatic N) is 3. The first-order chi connectivity index (χ1) is 9.24. The topological polar surface area (TPSA) is 93.8 Å². The van der Waals surface area contributed by atoms with Crippen LogP contribution < -0.4 is 11.1 Å². The number of aromatic nitrogens is 3. The smallest absolute Gasteiger partial charge is 0.286 e. The molecule has 0 saturated heterocycles. The fourth-order valence-corrected chi connectivity index (χ4v) is 2.21. The Kier molecular flexibility index (Phi) is 2.81. The number of anilines is 2. The van der Waals surface area contributed by atoms with Gasteiger partial charge in [-0.2, -0.15) is 0 Å². The number of hydrogen-bond donors (Lipinski definition) is 2. The van der Waals surface area contributed by atoms with E-state index in [9.17, 15) is 4.79 Å². The highest BCUT2D eigenvalue weighted by Gasteiger charge is 2.13. The number of fused-ring (bicyclic) bond motifs is 1. The minimum absolute atomic E-state index is 0.227. The zero-order valence-electron chi connectivity index (χ0n) is 9.70. The number of para-hydroxylation sites is 1. The maximum absolute atomic E-state index is 12.0. The number of nitrogen functional groups attached to an aromatic ring is 1. The largest absolute Gasteiger partial charge is 0.374 e. The number of carbonyl (C=O) groups excluding carboxylic acids is 1. The second kappa shape index (κ2) is 4.62. The van der Waals surface area contributed by atoms with Gasteiger partial charge in [0.05, 0.1) is 11.2 Å². The van der Waals surface area contributed by atoms with E-state index < -0.39 is 0 Å². The van der Waals surface area contributed by atoms with Crippen LogP contribution in [0.4, 0.5) is 10.8 Å². The lowest BCUT2D eigenvalue weighted by Crippen LogP contribution is -2.12. The molecule has 0 aliphatic carbocycles. The molecular weight excluding hydrogens is 262 g/mol. The van der Waals surface area contributed by atoms with Crippen LogP contribution in [-0.2, 0) is 0 Å². The molecule has 1 aromatic carbocycles. The highest BCUT2D eigenvalue weighted by atomic mass is 32.1. The van der Waals surface area contributed by atoms with Crippen molar-refractivity contribution in [2.24, 2.45) is 0 Å². The summed E-state index contributed by atoms with van der Waals surface area (Å²) in [5.41, 5.74) is 6.82. The predicted octanol–water partition coefficient (Wildman–Crippen LogP) is 1.92. The van der Waals surface area contributed by atoms with Crippen molar-refractivity contribution in [3.05, 3.63) is 41.5 Å². The van der Waals surface area contributed by atoms with Crippen LogP contribution in [0.3, 0.4) is 0 Å². The first kappa shape index (κ1) is 11.5. The molecule has 19 heavy (non-hydrogen) atoms. The van der Waals surface area contributed by atoms with Crippen molar-refractivity contribution in [1.82, 2.24) is 15.2 Å². The van der Waals surface area contributed by atoms with Gasteiger partial charge in [-0.3, -0.25) is 9.78 Å². The SMILES string of the molecule is Nc1nnc(C(=O)Nc2cccc3cccnc23)s1. The molecular formula is C12H9N5OS. The Labute approximate surface area is 112 Å². The normalized spacial score (nSPS) is 10.5. The van der Waals surface area contributed by atoms with Gasteiger partial charge >= 0.3 is 0 Å². The molecule has 94 valence electrons. The van der Waals surface area contributed by atoms with Crippen LogP contribution in [0.1, 0.15) is 9.80 Å². The molecule has 3 aromatic rings. The Balaban J connectivity index is 1.95. The van der Waals surface area contributed by atoms with Crippen LogP contribution in [0.5, 0.6) is 0 Å². The van der Waals surface area contributed by atoms with Crippen molar-refractivity contribution in [2.75, 3.05) is 11.1 Å². The van der Waals surface area contributed by atoms with Crippen LogP contribution in [-0.4, -0.2) is 21.1 Å². The van der Waals surface area contributed by atoms with Crippen LogP contribution in [0.15, 0.2) is 36.5 Å². The summed E-state index contributed by atoms with van der Waals surface area (Å²) in [7, 11) is 0. The third-order valence-corrected chi connectivity index (χ3v) is 3.27. The Morgan fingerprint density at radius 2 is 2.05 bits per heavy atom. The lowest BCUT2D eigenvalue weighted by molar-refractivity contribution is 0.102. The van der Waals surface area contributed by atoms with Gasteiger partial charge in [0.25, 0.3) is 5.91 Å². The average Bonchev–Trinajstić information content (AvgIpc) is 2.86. The highest BCUT2D eigenvalue weighted by molar-refractivity contribution is 7.17. The second-order valence-electron chi connectivity index (χ2n) is 3.78. The molecule has 2 aromatic heterocycles. The van der Waals surface area contributed by atoms with E-state index in [0.29, 0.717) is 5.69 Å². The summed E-state index contributed by atoms with van der Waals surface area (Å²) in [6.07, 6.45) is 1.68. The standard InChI is InChI=1S/C12H9N5OS/c13-12-17-16-11(19-12)10(18)15-8-5-1-3-7-4-2-6-14-9(7)8/h1-6H,(H2,13,17)(H,15,18). The maximum Gasteiger partial charge on any atom is 0.286 e. The number of rotatable bonds is 2. The molecule has 6 nitrogen and oxygen atoms in total. The number of hydrogen-bond acceptors (Lipinski definition) is 6. The van der Waals surface area contributed by atoms with Crippen molar-refractivity contribution in [1.29, 1.82) is 0 Å². The van der Waals surface area contributed by atoms with Gasteiger partial charge in [0.2, 0.25) is 10.1 Å². The molecule has 3 rings (SSSR count). The summed E-state index contributed by atoms with van der Waals surface area (Å²) in [4.78, 5) is 16.2. The summed E-state index contributed by atoms with van der Waals surface area (Å²) in [5.74, 6) is -0.340. The monoisotopic (exact) mass is 271 g/mol. The van der Waals surface area contributed by atoms with Gasteiger partial charge in [0.15, 0.2) is 0 Å². The minimum atomic E-state index is -0.340. The van der Waals surface area contributed by atoms with Gasteiger partial charge in [0.1, 0.15) is 0 Å². The van der Waals surface area contributed by atoms with Crippen molar-refractivity contribution < 1.29 is 4.79 Å². The van der Waals surface area contributed by atoms with Crippen molar-refractivity contribution in [2.45, 2.75) is 0 Å². The average molecular weight is 271 g/mol. The summed E-state index contributed by atoms with van der Waals surface area (Å²) in [6.45, 7) is 0. The molecule has 0 bridgehead atoms. The first-order valence-electron chi connectivity index (χ1n) is 5.48. The van der Waals surface area contributed by atoms with Gasteiger partial charge in [0, 0.05) is 11.6 Å². The van der Waals surface area contributed by atoms with Crippen molar-refractivity contribution in [3.63, 3.8) is 0 Å². The molecule has 0 aliphatic rings. The number of pyridine rings is 1. The molecule has 0 atom stereocenters. The molecule has 0 fully saturated rings. The first-order valence-corrected chi connectivity index (χ1v) is 6.30. The van der Waals surface area contributed by atoms with Gasteiger partial charge in [-0.1, -0.05) is 29.5 Å². The Morgan fingerprint density at radius 1 is 1.21 bits per heavy atom. The van der Waals surface area contributed by atoms with Crippen LogP contribution in [0, 0.1) is 0 Å². The van der Waals surface area contributed by atoms with E-state index in [1.54, 1.807) is 12.3 Å². The fourth-order valence-electron chi connectivity index (χ4n) is 1.71. The lowest BCUT2D eigenvalue weighted by atomic mass is 10.2. The van der Waals surface area contributed by atoms with Gasteiger partial charge < -0.3 is 11.1 Å². The molecule has 0 saturated carbocycles. The Bertz CT molecular complexity index is 749. The van der Waals surface area contributed by atoms with Crippen LogP contribution in [0.25, 0.3) is 10.9 Å². The lowest BCUT2D eigenvalue weighted by Gasteiger charge is -2.05. The molecule has 3 N–H and O–H groups in total. The van der Waals surface area contributed by atoms with Gasteiger partial charge in [-0.05, 0) is 12.1 Å². The second-order valence-corrected chi connectivity index (χ2v) is 4.79. The summed E-state index contributed by atoms with van der Waals surface area (Å²) in [5, 5.41) is 11.5. The molecule has 2 heterocycles. The highest BCUT2D eigenvalue weighted by Crippen LogP contribution is 2.22. The molecule has 1 amide bonds. The number of benzene rings is 1. The van der Waals surface area contributed by atoms with E-state index >= 15 is 0 Å². The van der Waals surface area contributed by atoms with E-state index in [1.165, 1.54) is 0 Å². The summed E-state index contributed by atoms with van der Waals surface area (Å²) < 4.78 is 0. The molecule has 7 heteroatoms. The van der Waals surface area contributed by atoms with Gasteiger partial charge in [-0.25, -0.2) is 0 Å². The number of nitrogens with two attached hydrogens (primary N) is 1. The summed E-state index contributed by atoms with van der Waals surface area (Å²) >= 11 is 1.04. The zero-order chi connectivity index (χ0) is 13.2. The van der Waals surface area contributed by atoms with Crippen molar-refractivity contribution in [3.8, 4) is 0 Å². The fraction of sp³-hybridized carbons (Fsp3) is 0. The predicted molar refractivity (Wildman–Crippen MR) is 74.0 cm³/mol. The van der Waals surface area contributed by atoms with E-state index in [1.807, 2.05) is 24.3 Å². The third-order valence-electron chi connectivity index (χ3n) is 2.52. The molecule has 0 unspecified atom stereocenters. The minimum Gasteiger partial charge on any atom is -0.374 e. The number of carbonyl (C=O) groups is 1. The Hall–Kier alpha value is -2.54. The van der Waals surface area contributed by atoms with Crippen LogP contribution in [0.2, 0.25) is 0 Å². The van der Waals surface area contributed by atoms with E-state index in [-0.39, 0.29) is 16.0 Å². The number of nitrogens with one attached hydrogen (secondary N) is 1. The summed E-state index contributed by atoms with van der Waals surface area (Å²) in [6, 6.07) is 9.35. The molecule has 0 radical (unpaired) electrons. The van der Waals surface area contributed by atoms with E-state index in [2.05, 4.69) is 20.5 Å². The quantitative estimate of drug-likeness (QED) is 0.742. The zero-order valence-corrected chi connectivity index (χ0v) is 10.5. The number of amides is 1. The van der Waals surface area contributed by atoms with E-state index in [4.69, 9.17) is 5.73 Å². The van der Waals surface area contributed by atoms with E-state index in [0.717, 1.165) is 22.2 Å². The maximum atomic E-state index is 12.0. The van der Waals surface area contributed by atoms with Crippen molar-refractivity contribution >= 4 is 39.0 Å². The molecule has 0 aliphatic heterocycles. The Morgan fingerprint density at radius 3 is 2.84 bits per heavy atom. The van der Waals surface area contributed by atoms with Crippen LogP contribution >= 0.6 is 11.3 Å².